The summed E-state index contributed by atoms with van der Waals surface area (Å²) < 4.78 is 21.5. The average Bonchev–Trinajstić information content (AvgIpc) is 3.25. The number of rotatable bonds is 21. The third kappa shape index (κ3) is 10.8. The van der Waals surface area contributed by atoms with Crippen LogP contribution < -0.4 is 10.6 Å². The van der Waals surface area contributed by atoms with Crippen molar-refractivity contribution in [1.29, 1.82) is 0 Å². The molecule has 0 saturated carbocycles. The molecule has 5 amide bonds. The summed E-state index contributed by atoms with van der Waals surface area (Å²) in [6.45, 7) is 4.90. The van der Waals surface area contributed by atoms with Gasteiger partial charge in [0.25, 0.3) is 11.8 Å². The number of benzene rings is 1. The highest BCUT2D eigenvalue weighted by atomic mass is 16.6. The van der Waals surface area contributed by atoms with E-state index < -0.39 is 29.7 Å². The van der Waals surface area contributed by atoms with Crippen LogP contribution in [0.1, 0.15) is 91.8 Å². The van der Waals surface area contributed by atoms with Crippen LogP contribution in [0, 0.1) is 0 Å². The first-order valence-electron chi connectivity index (χ1n) is 15.4. The standard InChI is InChI=1S/C31H43N3O10/c1-2-3-5-12-27(37)44-21-20-43-19-18-42-17-16-41-15-7-4-6-11-25(35)32-23-10-8-9-22-28(23)31(40)34(30(22)39)24-13-14-26(36)33-29(24)38/h8-10,24H,2-7,11-21H2,1H3,(H,32,35)(H,33,36,38). The summed E-state index contributed by atoms with van der Waals surface area (Å²) in [6, 6.07) is 3.52. The molecule has 13 nitrogen and oxygen atoms in total. The number of amides is 5. The van der Waals surface area contributed by atoms with Crippen molar-refractivity contribution in [3.63, 3.8) is 0 Å². The Morgan fingerprint density at radius 1 is 0.841 bits per heavy atom. The Hall–Kier alpha value is -3.68. The van der Waals surface area contributed by atoms with Gasteiger partial charge in [0.15, 0.2) is 0 Å². The highest BCUT2D eigenvalue weighted by Crippen LogP contribution is 2.32. The molecule has 1 aromatic carbocycles. The Bertz CT molecular complexity index is 1170. The van der Waals surface area contributed by atoms with Crippen LogP contribution in [0.3, 0.4) is 0 Å². The van der Waals surface area contributed by atoms with Gasteiger partial charge in [-0.25, -0.2) is 0 Å². The fourth-order valence-electron chi connectivity index (χ4n) is 4.85. The van der Waals surface area contributed by atoms with E-state index in [0.717, 1.165) is 37.0 Å². The number of nitrogens with zero attached hydrogens (tertiary/aromatic N) is 1. The van der Waals surface area contributed by atoms with Gasteiger partial charge < -0.3 is 24.3 Å². The van der Waals surface area contributed by atoms with Crippen molar-refractivity contribution in [2.75, 3.05) is 51.6 Å². The number of carbonyl (C=O) groups excluding carboxylic acids is 6. The number of imide groups is 2. The molecule has 242 valence electrons. The van der Waals surface area contributed by atoms with E-state index in [0.29, 0.717) is 52.5 Å². The molecule has 0 bridgehead atoms. The molecule has 13 heteroatoms. The summed E-state index contributed by atoms with van der Waals surface area (Å²) >= 11 is 0. The van der Waals surface area contributed by atoms with Crippen molar-refractivity contribution >= 4 is 41.2 Å². The highest BCUT2D eigenvalue weighted by Gasteiger charge is 2.45. The van der Waals surface area contributed by atoms with Crippen molar-refractivity contribution < 1.29 is 47.7 Å². The fraction of sp³-hybridized carbons (Fsp3) is 0.613. The number of nitrogens with one attached hydrogen (secondary N) is 2. The minimum absolute atomic E-state index is 0.0309. The number of piperidine rings is 1. The third-order valence-corrected chi connectivity index (χ3v) is 7.15. The number of fused-ring (bicyclic) bond motifs is 1. The number of anilines is 1. The van der Waals surface area contributed by atoms with Crippen LogP contribution in [0.25, 0.3) is 0 Å². The molecule has 3 rings (SSSR count). The van der Waals surface area contributed by atoms with Gasteiger partial charge in [0.1, 0.15) is 12.6 Å². The fourth-order valence-corrected chi connectivity index (χ4v) is 4.85. The molecule has 0 aromatic heterocycles. The molecule has 0 radical (unpaired) electrons. The second kappa shape index (κ2) is 18.9. The van der Waals surface area contributed by atoms with Crippen molar-refractivity contribution in [1.82, 2.24) is 10.2 Å². The van der Waals surface area contributed by atoms with Gasteiger partial charge in [0, 0.05) is 25.9 Å². The SMILES string of the molecule is CCCCCC(=O)OCCOCCOCCOCCCCCC(=O)Nc1cccc2c1C(=O)N(C1CCC(=O)NC1=O)C2=O. The number of carbonyl (C=O) groups is 6. The first kappa shape index (κ1) is 34.8. The molecule has 1 atom stereocenters. The van der Waals surface area contributed by atoms with Gasteiger partial charge in [-0.2, -0.15) is 0 Å². The highest BCUT2D eigenvalue weighted by molar-refractivity contribution is 6.26. The number of ether oxygens (including phenoxy) is 4. The molecule has 0 aliphatic carbocycles. The summed E-state index contributed by atoms with van der Waals surface area (Å²) in [6.07, 6.45) is 5.85. The third-order valence-electron chi connectivity index (χ3n) is 7.15. The average molecular weight is 618 g/mol. The number of esters is 1. The number of hydrogen-bond acceptors (Lipinski definition) is 10. The normalized spacial score (nSPS) is 16.2. The topological polar surface area (TPSA) is 167 Å². The first-order valence-corrected chi connectivity index (χ1v) is 15.4. The minimum atomic E-state index is -1.07. The Morgan fingerprint density at radius 2 is 1.52 bits per heavy atom. The lowest BCUT2D eigenvalue weighted by molar-refractivity contribution is -0.145. The maximum absolute atomic E-state index is 13.1. The summed E-state index contributed by atoms with van der Waals surface area (Å²) in [5, 5.41) is 4.89. The van der Waals surface area contributed by atoms with Gasteiger partial charge in [-0.15, -0.1) is 0 Å². The lowest BCUT2D eigenvalue weighted by atomic mass is 10.0. The monoisotopic (exact) mass is 617 g/mol. The lowest BCUT2D eigenvalue weighted by Crippen LogP contribution is -2.54. The quantitative estimate of drug-likeness (QED) is 0.119. The molecule has 44 heavy (non-hydrogen) atoms. The van der Waals surface area contributed by atoms with Crippen molar-refractivity contribution in [3.8, 4) is 0 Å². The summed E-state index contributed by atoms with van der Waals surface area (Å²) in [5.41, 5.74) is 0.383. The van der Waals surface area contributed by atoms with Crippen molar-refractivity contribution in [2.24, 2.45) is 0 Å². The summed E-state index contributed by atoms with van der Waals surface area (Å²) in [7, 11) is 0. The van der Waals surface area contributed by atoms with E-state index in [2.05, 4.69) is 17.6 Å². The molecule has 1 fully saturated rings. The van der Waals surface area contributed by atoms with Gasteiger partial charge in [-0.05, 0) is 37.8 Å². The Morgan fingerprint density at radius 3 is 2.23 bits per heavy atom. The van der Waals surface area contributed by atoms with E-state index in [1.165, 1.54) is 6.07 Å². The zero-order valence-electron chi connectivity index (χ0n) is 25.4. The van der Waals surface area contributed by atoms with Crippen LogP contribution in [0.15, 0.2) is 18.2 Å². The molecule has 2 aliphatic heterocycles. The molecule has 1 saturated heterocycles. The molecule has 2 aliphatic rings. The Labute approximate surface area is 257 Å². The molecular formula is C31H43N3O10. The van der Waals surface area contributed by atoms with Gasteiger partial charge in [-0.3, -0.25) is 39.0 Å². The van der Waals surface area contributed by atoms with Crippen LogP contribution in [0.4, 0.5) is 5.69 Å². The zero-order valence-corrected chi connectivity index (χ0v) is 25.4. The van der Waals surface area contributed by atoms with Crippen molar-refractivity contribution in [3.05, 3.63) is 29.3 Å². The van der Waals surface area contributed by atoms with Crippen LogP contribution in [-0.2, 0) is 38.1 Å². The predicted molar refractivity (Wildman–Crippen MR) is 158 cm³/mol. The van der Waals surface area contributed by atoms with Gasteiger partial charge >= 0.3 is 5.97 Å². The van der Waals surface area contributed by atoms with Crippen LogP contribution in [-0.4, -0.2) is 92.7 Å². The minimum Gasteiger partial charge on any atom is -0.463 e. The van der Waals surface area contributed by atoms with E-state index in [-0.39, 0.29) is 54.6 Å². The van der Waals surface area contributed by atoms with E-state index in [4.69, 9.17) is 18.9 Å². The molecule has 2 N–H and O–H groups in total. The van der Waals surface area contributed by atoms with Gasteiger partial charge in [0.2, 0.25) is 17.7 Å². The largest absolute Gasteiger partial charge is 0.463 e. The maximum atomic E-state index is 13.1. The zero-order chi connectivity index (χ0) is 31.7. The molecule has 0 spiro atoms. The lowest BCUT2D eigenvalue weighted by Gasteiger charge is -2.27. The summed E-state index contributed by atoms with van der Waals surface area (Å²) in [5.74, 6) is -2.90. The maximum Gasteiger partial charge on any atom is 0.305 e. The molecule has 1 unspecified atom stereocenters. The molecule has 2 heterocycles. The number of hydrogen-bond donors (Lipinski definition) is 2. The molecular weight excluding hydrogens is 574 g/mol. The van der Waals surface area contributed by atoms with E-state index >= 15 is 0 Å². The Kier molecular flexibility index (Phi) is 14.9. The van der Waals surface area contributed by atoms with E-state index in [1.54, 1.807) is 12.1 Å². The first-order chi connectivity index (χ1) is 21.3. The van der Waals surface area contributed by atoms with Crippen LogP contribution in [0.2, 0.25) is 0 Å². The predicted octanol–water partition coefficient (Wildman–Crippen LogP) is 2.76. The molecule has 1 aromatic rings. The van der Waals surface area contributed by atoms with E-state index in [9.17, 15) is 28.8 Å². The van der Waals surface area contributed by atoms with Crippen LogP contribution >= 0.6 is 0 Å². The Balaban J connectivity index is 1.21. The van der Waals surface area contributed by atoms with E-state index in [1.807, 2.05) is 0 Å². The van der Waals surface area contributed by atoms with Crippen LogP contribution in [0.5, 0.6) is 0 Å². The summed E-state index contributed by atoms with van der Waals surface area (Å²) in [4.78, 5) is 74.7. The second-order valence-corrected chi connectivity index (χ2v) is 10.5. The number of unbranched alkanes of at least 4 members (excludes halogenated alkanes) is 4. The van der Waals surface area contributed by atoms with Crippen molar-refractivity contribution in [2.45, 2.75) is 77.2 Å². The van der Waals surface area contributed by atoms with Gasteiger partial charge in [0.05, 0.1) is 49.8 Å². The van der Waals surface area contributed by atoms with Gasteiger partial charge in [-0.1, -0.05) is 32.3 Å². The second-order valence-electron chi connectivity index (χ2n) is 10.5. The smallest absolute Gasteiger partial charge is 0.305 e.